The highest BCUT2D eigenvalue weighted by molar-refractivity contribution is 6.30. The van der Waals surface area contributed by atoms with Crippen molar-refractivity contribution in [2.45, 2.75) is 19.0 Å². The number of amides is 1. The standard InChI is InChI=1S/C25H20ClN3O4/c26-18-7-3-6-17(13-18)22-21(23(30)20-14-16-5-1-2-8-19(16)33-20)24(31)25(32)29(22)11-4-10-28-12-9-27-15-28/h1-3,5-9,12-15,22H,4,10-11H2,(H,30,31). The monoisotopic (exact) mass is 461 g/mol. The van der Waals surface area contributed by atoms with Gasteiger partial charge in [-0.25, -0.2) is 4.57 Å². The van der Waals surface area contributed by atoms with Gasteiger partial charge in [0.05, 0.1) is 12.6 Å². The molecule has 7 nitrogen and oxygen atoms in total. The quantitative estimate of drug-likeness (QED) is 0.338. The number of Topliss-reactive ketones (excluding diaryl/α,β-unsaturated/α-hetero) is 1. The summed E-state index contributed by atoms with van der Waals surface area (Å²) in [6.07, 6.45) is 6.10. The van der Waals surface area contributed by atoms with E-state index in [9.17, 15) is 14.7 Å². The van der Waals surface area contributed by atoms with Crippen molar-refractivity contribution in [1.29, 1.82) is 0 Å². The zero-order valence-electron chi connectivity index (χ0n) is 17.5. The number of rotatable bonds is 7. The van der Waals surface area contributed by atoms with Crippen LogP contribution in [-0.2, 0) is 11.3 Å². The fourth-order valence-electron chi connectivity index (χ4n) is 4.23. The van der Waals surface area contributed by atoms with E-state index in [1.807, 2.05) is 29.2 Å². The van der Waals surface area contributed by atoms with Crippen LogP contribution in [0.3, 0.4) is 0 Å². The topological polar surface area (TPSA) is 93.2 Å². The van der Waals surface area contributed by atoms with Crippen LogP contribution in [0.25, 0.3) is 11.0 Å². The number of aromatic nitrogens is 2. The van der Waals surface area contributed by atoms with E-state index in [4.69, 9.17) is 16.0 Å². The average Bonchev–Trinajstić information content (AvgIpc) is 3.53. The molecule has 8 heteroatoms. The molecule has 1 N–H and O–H groups in total. The first-order valence-corrected chi connectivity index (χ1v) is 10.9. The molecule has 5 rings (SSSR count). The number of furan rings is 1. The number of ketones is 1. The van der Waals surface area contributed by atoms with E-state index >= 15 is 0 Å². The second-order valence-electron chi connectivity index (χ2n) is 7.88. The molecule has 1 atom stereocenters. The molecule has 4 aromatic rings. The molecule has 1 aliphatic rings. The molecule has 2 aromatic carbocycles. The first kappa shape index (κ1) is 21.0. The number of nitrogens with one attached hydrogen (secondary N) is 1. The molecule has 3 heterocycles. The summed E-state index contributed by atoms with van der Waals surface area (Å²) in [7, 11) is 0. The molecule has 0 aliphatic carbocycles. The Bertz CT molecular complexity index is 1340. The van der Waals surface area contributed by atoms with Crippen LogP contribution < -0.4 is 9.67 Å². The van der Waals surface area contributed by atoms with E-state index in [1.54, 1.807) is 48.7 Å². The Morgan fingerprint density at radius 2 is 2.03 bits per heavy atom. The van der Waals surface area contributed by atoms with Gasteiger partial charge in [-0.05, 0) is 35.6 Å². The molecule has 0 radical (unpaired) electrons. The number of aryl methyl sites for hydroxylation is 1. The van der Waals surface area contributed by atoms with Gasteiger partial charge in [0.25, 0.3) is 0 Å². The van der Waals surface area contributed by atoms with Crippen LogP contribution in [-0.4, -0.2) is 28.1 Å². The highest BCUT2D eigenvalue weighted by atomic mass is 35.5. The number of imidazole rings is 1. The number of hydrogen-bond donors (Lipinski definition) is 1. The molecule has 1 amide bonds. The molecule has 2 aromatic heterocycles. The Labute approximate surface area is 194 Å². The largest absolute Gasteiger partial charge is 0.868 e. The highest BCUT2D eigenvalue weighted by Gasteiger charge is 2.40. The first-order chi connectivity index (χ1) is 16.0. The molecule has 0 bridgehead atoms. The van der Waals surface area contributed by atoms with Gasteiger partial charge < -0.3 is 14.4 Å². The molecule has 1 unspecified atom stereocenters. The van der Waals surface area contributed by atoms with Crippen molar-refractivity contribution in [3.05, 3.63) is 101 Å². The molecule has 0 saturated carbocycles. The summed E-state index contributed by atoms with van der Waals surface area (Å²) in [6, 6.07) is 14.9. The zero-order valence-corrected chi connectivity index (χ0v) is 18.3. The highest BCUT2D eigenvalue weighted by Crippen LogP contribution is 2.39. The van der Waals surface area contributed by atoms with Gasteiger partial charge in [0, 0.05) is 28.9 Å². The fraction of sp³-hybridized carbons (Fsp3) is 0.160. The number of hydrogen-bond acceptors (Lipinski definition) is 4. The number of para-hydroxylation sites is 1. The van der Waals surface area contributed by atoms with Gasteiger partial charge in [-0.3, -0.25) is 14.6 Å². The lowest BCUT2D eigenvalue weighted by Crippen LogP contribution is -2.37. The molecular weight excluding hydrogens is 442 g/mol. The number of carbonyl (C=O) groups is 2. The maximum Gasteiger partial charge on any atom is 0.241 e. The summed E-state index contributed by atoms with van der Waals surface area (Å²) in [5.74, 6) is -2.06. The van der Waals surface area contributed by atoms with Gasteiger partial charge in [-0.15, -0.1) is 0 Å². The van der Waals surface area contributed by atoms with Crippen molar-refractivity contribution in [2.75, 3.05) is 6.54 Å². The van der Waals surface area contributed by atoms with Crippen LogP contribution in [0.15, 0.2) is 89.1 Å². The summed E-state index contributed by atoms with van der Waals surface area (Å²) in [5.41, 5.74) is 1.03. The number of aromatic amines is 1. The summed E-state index contributed by atoms with van der Waals surface area (Å²) in [4.78, 5) is 30.9. The normalized spacial score (nSPS) is 16.2. The van der Waals surface area contributed by atoms with E-state index in [1.165, 1.54) is 4.90 Å². The minimum atomic E-state index is -0.833. The first-order valence-electron chi connectivity index (χ1n) is 10.6. The van der Waals surface area contributed by atoms with Gasteiger partial charge in [-0.1, -0.05) is 41.9 Å². The third-order valence-electron chi connectivity index (χ3n) is 5.76. The van der Waals surface area contributed by atoms with Gasteiger partial charge in [-0.2, -0.15) is 0 Å². The number of H-pyrrole nitrogens is 1. The summed E-state index contributed by atoms with van der Waals surface area (Å²) in [6.45, 7) is 0.952. The minimum absolute atomic E-state index is 0.0316. The van der Waals surface area contributed by atoms with Crippen molar-refractivity contribution in [1.82, 2.24) is 9.88 Å². The van der Waals surface area contributed by atoms with Gasteiger partial charge in [0.1, 0.15) is 18.0 Å². The fourth-order valence-corrected chi connectivity index (χ4v) is 4.43. The van der Waals surface area contributed by atoms with Crippen molar-refractivity contribution in [3.63, 3.8) is 0 Å². The Balaban J connectivity index is 1.51. The second kappa shape index (κ2) is 8.60. The van der Waals surface area contributed by atoms with Crippen molar-refractivity contribution in [3.8, 4) is 0 Å². The van der Waals surface area contributed by atoms with E-state index in [0.717, 1.165) is 5.39 Å². The summed E-state index contributed by atoms with van der Waals surface area (Å²) in [5, 5.41) is 14.3. The number of nitrogens with zero attached hydrogens (tertiary/aromatic N) is 2. The predicted molar refractivity (Wildman–Crippen MR) is 119 cm³/mol. The maximum absolute atomic E-state index is 13.5. The van der Waals surface area contributed by atoms with Crippen LogP contribution in [0.1, 0.15) is 28.6 Å². The average molecular weight is 462 g/mol. The third-order valence-corrected chi connectivity index (χ3v) is 6.00. The second-order valence-corrected chi connectivity index (χ2v) is 8.32. The Hall–Kier alpha value is -3.84. The van der Waals surface area contributed by atoms with E-state index in [2.05, 4.69) is 4.98 Å². The lowest BCUT2D eigenvalue weighted by Gasteiger charge is -2.27. The zero-order chi connectivity index (χ0) is 22.9. The van der Waals surface area contributed by atoms with Crippen molar-refractivity contribution in [2.24, 2.45) is 0 Å². The molecule has 0 saturated heterocycles. The Morgan fingerprint density at radius 1 is 1.18 bits per heavy atom. The van der Waals surface area contributed by atoms with Crippen molar-refractivity contribution < 1.29 is 23.7 Å². The molecule has 33 heavy (non-hydrogen) atoms. The van der Waals surface area contributed by atoms with E-state index < -0.39 is 23.5 Å². The van der Waals surface area contributed by atoms with Crippen LogP contribution in [0, 0.1) is 0 Å². The van der Waals surface area contributed by atoms with Crippen molar-refractivity contribution >= 4 is 34.3 Å². The minimum Gasteiger partial charge on any atom is -0.868 e. The maximum atomic E-state index is 13.5. The summed E-state index contributed by atoms with van der Waals surface area (Å²) >= 11 is 6.21. The van der Waals surface area contributed by atoms with Gasteiger partial charge in [0.15, 0.2) is 5.76 Å². The van der Waals surface area contributed by atoms with Gasteiger partial charge in [0.2, 0.25) is 18.0 Å². The van der Waals surface area contributed by atoms with Crippen LogP contribution in [0.2, 0.25) is 5.02 Å². The smallest absolute Gasteiger partial charge is 0.241 e. The van der Waals surface area contributed by atoms with Crippen LogP contribution >= 0.6 is 11.6 Å². The number of halogens is 1. The Kier molecular flexibility index (Phi) is 5.48. The Morgan fingerprint density at radius 3 is 2.79 bits per heavy atom. The number of carbonyl (C=O) groups excluding carboxylic acids is 2. The summed E-state index contributed by atoms with van der Waals surface area (Å²) < 4.78 is 7.66. The van der Waals surface area contributed by atoms with Crippen LogP contribution in [0.4, 0.5) is 0 Å². The predicted octanol–water partition coefficient (Wildman–Crippen LogP) is 3.17. The third kappa shape index (κ3) is 3.91. The molecule has 166 valence electrons. The lowest BCUT2D eigenvalue weighted by molar-refractivity contribution is -0.695. The molecule has 1 aliphatic heterocycles. The number of fused-ring (bicyclic) bond motifs is 1. The number of benzene rings is 2. The molecular formula is C25H20ClN3O4. The van der Waals surface area contributed by atoms with Crippen LogP contribution in [0.5, 0.6) is 0 Å². The lowest BCUT2D eigenvalue weighted by atomic mass is 9.95. The van der Waals surface area contributed by atoms with E-state index in [0.29, 0.717) is 35.7 Å². The van der Waals surface area contributed by atoms with E-state index in [-0.39, 0.29) is 11.3 Å². The molecule has 0 fully saturated rings. The van der Waals surface area contributed by atoms with Gasteiger partial charge >= 0.3 is 0 Å². The molecule has 0 spiro atoms. The SMILES string of the molecule is O=C(C1=C([O-])C(=O)N(CCC[n+]2cc[nH]c2)C1c1cccc(Cl)c1)c1cc2ccccc2o1.